The fourth-order valence-electron chi connectivity index (χ4n) is 3.10. The third kappa shape index (κ3) is 8.09. The Morgan fingerprint density at radius 3 is 2.74 bits per heavy atom. The highest BCUT2D eigenvalue weighted by Gasteiger charge is 2.15. The van der Waals surface area contributed by atoms with Crippen LogP contribution in [0.25, 0.3) is 11.4 Å². The van der Waals surface area contributed by atoms with E-state index in [4.69, 9.17) is 4.74 Å². The Bertz CT molecular complexity index is 1220. The highest BCUT2D eigenvalue weighted by molar-refractivity contribution is 5.60. The van der Waals surface area contributed by atoms with E-state index in [-0.39, 0.29) is 12.2 Å². The van der Waals surface area contributed by atoms with E-state index in [1.807, 2.05) is 69.1 Å². The normalized spacial score (nSPS) is 11.4. The van der Waals surface area contributed by atoms with Crippen LogP contribution in [-0.4, -0.2) is 49.1 Å². The third-order valence-corrected chi connectivity index (χ3v) is 4.65. The molecular formula is C27H32N6O2. The summed E-state index contributed by atoms with van der Waals surface area (Å²) in [6, 6.07) is 11.1. The minimum Gasteiger partial charge on any atom is -0.474 e. The molecule has 0 aliphatic heterocycles. The summed E-state index contributed by atoms with van der Waals surface area (Å²) < 4.78 is 6.05. The van der Waals surface area contributed by atoms with Crippen LogP contribution in [0.3, 0.4) is 0 Å². The predicted molar refractivity (Wildman–Crippen MR) is 137 cm³/mol. The van der Waals surface area contributed by atoms with Crippen molar-refractivity contribution in [2.24, 2.45) is 0 Å². The quantitative estimate of drug-likeness (QED) is 0.365. The number of pyridine rings is 1. The van der Waals surface area contributed by atoms with Gasteiger partial charge in [0.1, 0.15) is 17.6 Å². The maximum absolute atomic E-state index is 9.34. The first kappa shape index (κ1) is 25.7. The smallest absolute Gasteiger partial charge is 0.230 e. The monoisotopic (exact) mass is 472 g/mol. The number of ether oxygens (including phenoxy) is 1. The molecule has 0 aliphatic rings. The van der Waals surface area contributed by atoms with Crippen molar-refractivity contribution in [2.45, 2.75) is 46.3 Å². The van der Waals surface area contributed by atoms with Gasteiger partial charge in [0.25, 0.3) is 0 Å². The van der Waals surface area contributed by atoms with E-state index in [0.717, 1.165) is 29.1 Å². The molecule has 0 unspecified atom stereocenters. The first-order chi connectivity index (χ1) is 16.8. The average Bonchev–Trinajstić information content (AvgIpc) is 2.83. The molecule has 2 heterocycles. The van der Waals surface area contributed by atoms with Crippen LogP contribution < -0.4 is 5.32 Å². The molecule has 0 radical (unpaired) electrons. The average molecular weight is 473 g/mol. The van der Waals surface area contributed by atoms with Gasteiger partial charge < -0.3 is 20.1 Å². The van der Waals surface area contributed by atoms with Gasteiger partial charge in [-0.2, -0.15) is 4.98 Å². The minimum atomic E-state index is -0.279. The van der Waals surface area contributed by atoms with Crippen LogP contribution in [0.1, 0.15) is 45.4 Å². The van der Waals surface area contributed by atoms with Gasteiger partial charge in [-0.25, -0.2) is 15.0 Å². The maximum atomic E-state index is 9.34. The summed E-state index contributed by atoms with van der Waals surface area (Å²) >= 11 is 0. The number of nitrogens with one attached hydrogen (secondary N) is 1. The molecule has 2 aromatic heterocycles. The number of aromatic nitrogens is 4. The lowest BCUT2D eigenvalue weighted by Crippen LogP contribution is -2.28. The number of hydrogen-bond acceptors (Lipinski definition) is 8. The third-order valence-electron chi connectivity index (χ3n) is 4.65. The standard InChI is InChI=1S/C27H32N6O2/c1-6-9-24(35-27(2,3)4)33(5)15-8-12-22-17-21(13-14-28-22)25-29-19-30-26(32-25)31-23-11-7-10-20(16-23)18-34/h7,9-11,13-14,16-17,19,34H,6,15,18H2,1-5H3,(H,29,30,31,32). The molecule has 0 aliphatic carbocycles. The summed E-state index contributed by atoms with van der Waals surface area (Å²) in [5.41, 5.74) is 2.72. The van der Waals surface area contributed by atoms with Gasteiger partial charge in [-0.1, -0.05) is 25.0 Å². The molecule has 35 heavy (non-hydrogen) atoms. The van der Waals surface area contributed by atoms with Crippen LogP contribution in [0.15, 0.2) is 60.9 Å². The molecule has 0 fully saturated rings. The van der Waals surface area contributed by atoms with Crippen LogP contribution >= 0.6 is 0 Å². The SMILES string of the molecule is CCC=C(OC(C)(C)C)N(C)CC#Cc1cc(-c2ncnc(Nc3cccc(CO)c3)n2)ccn1. The Balaban J connectivity index is 1.72. The van der Waals surface area contributed by atoms with E-state index in [1.165, 1.54) is 6.33 Å². The van der Waals surface area contributed by atoms with Crippen LogP contribution in [0.5, 0.6) is 0 Å². The zero-order valence-corrected chi connectivity index (χ0v) is 20.9. The zero-order chi connectivity index (χ0) is 25.3. The van der Waals surface area contributed by atoms with E-state index in [2.05, 4.69) is 50.1 Å². The number of aliphatic hydroxyl groups excluding tert-OH is 1. The van der Waals surface area contributed by atoms with Gasteiger partial charge in [0, 0.05) is 24.5 Å². The predicted octanol–water partition coefficient (Wildman–Crippen LogP) is 4.52. The molecule has 0 saturated carbocycles. The molecule has 0 saturated heterocycles. The molecule has 3 rings (SSSR count). The summed E-state index contributed by atoms with van der Waals surface area (Å²) in [5, 5.41) is 12.5. The van der Waals surface area contributed by atoms with Crippen molar-refractivity contribution in [1.82, 2.24) is 24.8 Å². The number of anilines is 2. The van der Waals surface area contributed by atoms with Crippen molar-refractivity contribution in [3.8, 4) is 23.2 Å². The second kappa shape index (κ2) is 12.0. The Hall–Kier alpha value is -3.96. The van der Waals surface area contributed by atoms with Gasteiger partial charge in [-0.05, 0) is 69.0 Å². The number of allylic oxidation sites excluding steroid dienone is 1. The Morgan fingerprint density at radius 1 is 1.17 bits per heavy atom. The van der Waals surface area contributed by atoms with Gasteiger partial charge in [0.05, 0.1) is 13.2 Å². The van der Waals surface area contributed by atoms with Crippen LogP contribution in [0.2, 0.25) is 0 Å². The Labute approximate surface area is 207 Å². The van der Waals surface area contributed by atoms with E-state index < -0.39 is 0 Å². The second-order valence-corrected chi connectivity index (χ2v) is 8.87. The zero-order valence-electron chi connectivity index (χ0n) is 20.9. The van der Waals surface area contributed by atoms with Crippen LogP contribution in [0, 0.1) is 11.8 Å². The van der Waals surface area contributed by atoms with E-state index in [9.17, 15) is 5.11 Å². The topological polar surface area (TPSA) is 96.3 Å². The largest absolute Gasteiger partial charge is 0.474 e. The van der Waals surface area contributed by atoms with E-state index >= 15 is 0 Å². The maximum Gasteiger partial charge on any atom is 0.230 e. The molecule has 0 bridgehead atoms. The summed E-state index contributed by atoms with van der Waals surface area (Å²) in [7, 11) is 1.96. The van der Waals surface area contributed by atoms with Crippen molar-refractivity contribution < 1.29 is 9.84 Å². The lowest BCUT2D eigenvalue weighted by Gasteiger charge is -2.28. The van der Waals surface area contributed by atoms with E-state index in [1.54, 1.807) is 6.20 Å². The fraction of sp³-hybridized carbons (Fsp3) is 0.333. The van der Waals surface area contributed by atoms with Crippen LogP contribution in [0.4, 0.5) is 11.6 Å². The van der Waals surface area contributed by atoms with Crippen LogP contribution in [-0.2, 0) is 11.3 Å². The molecule has 182 valence electrons. The second-order valence-electron chi connectivity index (χ2n) is 8.87. The number of hydrogen-bond donors (Lipinski definition) is 2. The van der Waals surface area contributed by atoms with Gasteiger partial charge in [0.2, 0.25) is 5.95 Å². The number of aliphatic hydroxyl groups is 1. The highest BCUT2D eigenvalue weighted by atomic mass is 16.5. The Morgan fingerprint density at radius 2 is 2.00 bits per heavy atom. The molecule has 8 heteroatoms. The molecular weight excluding hydrogens is 440 g/mol. The lowest BCUT2D eigenvalue weighted by molar-refractivity contribution is 0.0106. The number of rotatable bonds is 8. The van der Waals surface area contributed by atoms with Gasteiger partial charge in [-0.15, -0.1) is 0 Å². The van der Waals surface area contributed by atoms with Crippen molar-refractivity contribution in [3.63, 3.8) is 0 Å². The van der Waals surface area contributed by atoms with Gasteiger partial charge in [0.15, 0.2) is 11.7 Å². The van der Waals surface area contributed by atoms with E-state index in [0.29, 0.717) is 24.0 Å². The molecule has 1 aromatic carbocycles. The summed E-state index contributed by atoms with van der Waals surface area (Å²) in [6.07, 6.45) is 6.08. The number of nitrogens with zero attached hydrogens (tertiary/aromatic N) is 5. The highest BCUT2D eigenvalue weighted by Crippen LogP contribution is 2.19. The van der Waals surface area contributed by atoms with Gasteiger partial charge >= 0.3 is 0 Å². The minimum absolute atomic E-state index is 0.0333. The Kier molecular flexibility index (Phi) is 8.76. The molecule has 2 N–H and O–H groups in total. The molecule has 0 spiro atoms. The molecule has 0 amide bonds. The lowest BCUT2D eigenvalue weighted by atomic mass is 10.2. The van der Waals surface area contributed by atoms with Crippen molar-refractivity contribution >= 4 is 11.6 Å². The van der Waals surface area contributed by atoms with Crippen molar-refractivity contribution in [2.75, 3.05) is 18.9 Å². The fourth-order valence-corrected chi connectivity index (χ4v) is 3.10. The number of benzene rings is 1. The molecule has 8 nitrogen and oxygen atoms in total. The van der Waals surface area contributed by atoms with Crippen molar-refractivity contribution in [3.05, 3.63) is 72.1 Å². The summed E-state index contributed by atoms with van der Waals surface area (Å²) in [5.74, 6) is 8.01. The first-order valence-corrected chi connectivity index (χ1v) is 11.5. The molecule has 0 atom stereocenters. The first-order valence-electron chi connectivity index (χ1n) is 11.5. The molecule has 3 aromatic rings. The van der Waals surface area contributed by atoms with Gasteiger partial charge in [-0.3, -0.25) is 0 Å². The summed E-state index contributed by atoms with van der Waals surface area (Å²) in [6.45, 7) is 8.63. The van der Waals surface area contributed by atoms with Crippen molar-refractivity contribution in [1.29, 1.82) is 0 Å². The summed E-state index contributed by atoms with van der Waals surface area (Å²) in [4.78, 5) is 19.4.